The maximum absolute atomic E-state index is 12.0. The molecular formula is C15H20O3. The molecule has 0 N–H and O–H groups in total. The lowest BCUT2D eigenvalue weighted by Gasteiger charge is -2.11. The van der Waals surface area contributed by atoms with E-state index < -0.39 is 5.97 Å². The molecule has 0 fully saturated rings. The van der Waals surface area contributed by atoms with Gasteiger partial charge in [-0.3, -0.25) is 9.59 Å². The van der Waals surface area contributed by atoms with Gasteiger partial charge in [-0.1, -0.05) is 12.1 Å². The van der Waals surface area contributed by atoms with E-state index in [9.17, 15) is 9.59 Å². The molecule has 3 heteroatoms. The summed E-state index contributed by atoms with van der Waals surface area (Å²) in [6, 6.07) is 3.69. The van der Waals surface area contributed by atoms with Crippen molar-refractivity contribution in [1.29, 1.82) is 0 Å². The van der Waals surface area contributed by atoms with Gasteiger partial charge in [0.2, 0.25) is 0 Å². The first kappa shape index (κ1) is 14.4. The van der Waals surface area contributed by atoms with Crippen LogP contribution in [0.4, 0.5) is 0 Å². The van der Waals surface area contributed by atoms with Crippen molar-refractivity contribution in [2.45, 2.75) is 47.1 Å². The predicted octanol–water partition coefficient (Wildman–Crippen LogP) is 3.14. The zero-order valence-electron chi connectivity index (χ0n) is 11.7. The van der Waals surface area contributed by atoms with E-state index in [1.54, 1.807) is 19.9 Å². The maximum Gasteiger partial charge on any atom is 0.313 e. The molecule has 0 atom stereocenters. The quantitative estimate of drug-likeness (QED) is 0.467. The molecule has 1 rings (SSSR count). The summed E-state index contributed by atoms with van der Waals surface area (Å²) in [5, 5.41) is 0. The summed E-state index contributed by atoms with van der Waals surface area (Å²) in [7, 11) is 0. The van der Waals surface area contributed by atoms with Crippen LogP contribution in [0.3, 0.4) is 0 Å². The molecule has 0 spiro atoms. The van der Waals surface area contributed by atoms with Crippen LogP contribution in [0.25, 0.3) is 0 Å². The van der Waals surface area contributed by atoms with Gasteiger partial charge in [0.25, 0.3) is 0 Å². The Hall–Kier alpha value is -1.64. The molecule has 0 aromatic heterocycles. The second kappa shape index (κ2) is 5.80. The Morgan fingerprint density at radius 3 is 2.28 bits per heavy atom. The highest BCUT2D eigenvalue weighted by atomic mass is 16.5. The zero-order chi connectivity index (χ0) is 13.9. The van der Waals surface area contributed by atoms with Crippen LogP contribution in [0.5, 0.6) is 0 Å². The number of Topliss-reactive ketones (excluding diaryl/α,β-unsaturated/α-hetero) is 1. The third-order valence-electron chi connectivity index (χ3n) is 3.03. The van der Waals surface area contributed by atoms with Crippen molar-refractivity contribution in [1.82, 2.24) is 0 Å². The number of benzene rings is 1. The van der Waals surface area contributed by atoms with Gasteiger partial charge in [0, 0.05) is 5.56 Å². The number of ether oxygens (including phenoxy) is 1. The minimum absolute atomic E-state index is 0.179. The van der Waals surface area contributed by atoms with Crippen molar-refractivity contribution in [3.8, 4) is 0 Å². The first-order chi connectivity index (χ1) is 8.32. The number of hydrogen-bond acceptors (Lipinski definition) is 3. The van der Waals surface area contributed by atoms with E-state index in [0.29, 0.717) is 5.56 Å². The molecule has 18 heavy (non-hydrogen) atoms. The normalized spacial score (nSPS) is 10.6. The Morgan fingerprint density at radius 2 is 1.72 bits per heavy atom. The van der Waals surface area contributed by atoms with E-state index in [1.807, 2.05) is 26.8 Å². The fourth-order valence-corrected chi connectivity index (χ4v) is 1.79. The lowest BCUT2D eigenvalue weighted by Crippen LogP contribution is -2.16. The highest BCUT2D eigenvalue weighted by molar-refractivity contribution is 6.07. The van der Waals surface area contributed by atoms with Crippen molar-refractivity contribution < 1.29 is 14.3 Å². The predicted molar refractivity (Wildman–Crippen MR) is 70.8 cm³/mol. The van der Waals surface area contributed by atoms with Crippen molar-refractivity contribution in [3.05, 3.63) is 34.4 Å². The van der Waals surface area contributed by atoms with Crippen LogP contribution < -0.4 is 0 Å². The van der Waals surface area contributed by atoms with Gasteiger partial charge in [-0.05, 0) is 51.3 Å². The van der Waals surface area contributed by atoms with E-state index in [-0.39, 0.29) is 18.3 Å². The van der Waals surface area contributed by atoms with Crippen molar-refractivity contribution in [2.75, 3.05) is 0 Å². The third-order valence-corrected chi connectivity index (χ3v) is 3.03. The van der Waals surface area contributed by atoms with E-state index in [2.05, 4.69) is 0 Å². The molecule has 98 valence electrons. The van der Waals surface area contributed by atoms with Crippen LogP contribution in [-0.4, -0.2) is 17.9 Å². The number of carbonyl (C=O) groups is 2. The van der Waals surface area contributed by atoms with Crippen LogP contribution >= 0.6 is 0 Å². The molecule has 0 aliphatic carbocycles. The Balaban J connectivity index is 2.86. The average molecular weight is 248 g/mol. The van der Waals surface area contributed by atoms with Gasteiger partial charge >= 0.3 is 5.97 Å². The molecule has 3 nitrogen and oxygen atoms in total. The van der Waals surface area contributed by atoms with Crippen LogP contribution in [0.1, 0.15) is 47.3 Å². The Kier molecular flexibility index (Phi) is 4.65. The number of aryl methyl sites for hydroxylation is 1. The minimum Gasteiger partial charge on any atom is -0.463 e. The Bertz CT molecular complexity index is 473. The Labute approximate surface area is 108 Å². The monoisotopic (exact) mass is 248 g/mol. The van der Waals surface area contributed by atoms with Crippen LogP contribution in [-0.2, 0) is 9.53 Å². The van der Waals surface area contributed by atoms with Gasteiger partial charge in [-0.2, -0.15) is 0 Å². The average Bonchev–Trinajstić information content (AvgIpc) is 2.24. The fourth-order valence-electron chi connectivity index (χ4n) is 1.79. The zero-order valence-corrected chi connectivity index (χ0v) is 11.7. The Morgan fingerprint density at radius 1 is 1.11 bits per heavy atom. The van der Waals surface area contributed by atoms with Gasteiger partial charge in [-0.25, -0.2) is 0 Å². The number of rotatable bonds is 4. The van der Waals surface area contributed by atoms with E-state index in [4.69, 9.17) is 4.74 Å². The van der Waals surface area contributed by atoms with Gasteiger partial charge in [0.15, 0.2) is 5.78 Å². The molecule has 0 heterocycles. The topological polar surface area (TPSA) is 43.4 Å². The molecule has 0 amide bonds. The standard InChI is InChI=1S/C15H20O3/c1-9(2)18-15(17)8-14(16)13-7-6-10(3)11(4)12(13)5/h6-7,9H,8H2,1-5H3. The summed E-state index contributed by atoms with van der Waals surface area (Å²) in [5.41, 5.74) is 3.79. The molecule has 1 aromatic carbocycles. The summed E-state index contributed by atoms with van der Waals surface area (Å²) < 4.78 is 4.98. The molecule has 0 saturated heterocycles. The maximum atomic E-state index is 12.0. The fraction of sp³-hybridized carbons (Fsp3) is 0.467. The van der Waals surface area contributed by atoms with Gasteiger partial charge < -0.3 is 4.74 Å². The van der Waals surface area contributed by atoms with Gasteiger partial charge in [0.1, 0.15) is 6.42 Å². The van der Waals surface area contributed by atoms with Crippen molar-refractivity contribution in [3.63, 3.8) is 0 Å². The first-order valence-corrected chi connectivity index (χ1v) is 6.12. The highest BCUT2D eigenvalue weighted by Crippen LogP contribution is 2.18. The number of esters is 1. The lowest BCUT2D eigenvalue weighted by atomic mass is 9.95. The number of carbonyl (C=O) groups excluding carboxylic acids is 2. The first-order valence-electron chi connectivity index (χ1n) is 6.12. The van der Waals surface area contributed by atoms with E-state index in [1.165, 1.54) is 0 Å². The molecular weight excluding hydrogens is 228 g/mol. The van der Waals surface area contributed by atoms with Crippen molar-refractivity contribution >= 4 is 11.8 Å². The molecule has 0 bridgehead atoms. The summed E-state index contributed by atoms with van der Waals surface area (Å²) in [6.45, 7) is 9.42. The lowest BCUT2D eigenvalue weighted by molar-refractivity contribution is -0.146. The smallest absolute Gasteiger partial charge is 0.313 e. The molecule has 1 aromatic rings. The van der Waals surface area contributed by atoms with Crippen molar-refractivity contribution in [2.24, 2.45) is 0 Å². The van der Waals surface area contributed by atoms with Crippen LogP contribution in [0, 0.1) is 20.8 Å². The molecule has 0 saturated carbocycles. The van der Waals surface area contributed by atoms with Gasteiger partial charge in [0.05, 0.1) is 6.10 Å². The third kappa shape index (κ3) is 3.42. The molecule has 0 aliphatic rings. The number of ketones is 1. The minimum atomic E-state index is -0.465. The van der Waals surface area contributed by atoms with E-state index >= 15 is 0 Å². The number of hydrogen-bond donors (Lipinski definition) is 0. The summed E-state index contributed by atoms with van der Waals surface area (Å²) >= 11 is 0. The second-order valence-corrected chi connectivity index (χ2v) is 4.82. The molecule has 0 radical (unpaired) electrons. The molecule has 0 aliphatic heterocycles. The highest BCUT2D eigenvalue weighted by Gasteiger charge is 2.17. The largest absolute Gasteiger partial charge is 0.463 e. The van der Waals surface area contributed by atoms with Gasteiger partial charge in [-0.15, -0.1) is 0 Å². The second-order valence-electron chi connectivity index (χ2n) is 4.82. The summed E-state index contributed by atoms with van der Waals surface area (Å²) in [4.78, 5) is 23.5. The van der Waals surface area contributed by atoms with Crippen LogP contribution in [0.15, 0.2) is 12.1 Å². The summed E-state index contributed by atoms with van der Waals surface area (Å²) in [6.07, 6.45) is -0.382. The SMILES string of the molecule is Cc1ccc(C(=O)CC(=O)OC(C)C)c(C)c1C. The summed E-state index contributed by atoms with van der Waals surface area (Å²) in [5.74, 6) is -0.645. The van der Waals surface area contributed by atoms with Crippen LogP contribution in [0.2, 0.25) is 0 Å². The molecule has 0 unspecified atom stereocenters. The van der Waals surface area contributed by atoms with E-state index in [0.717, 1.165) is 16.7 Å².